The summed E-state index contributed by atoms with van der Waals surface area (Å²) in [6.07, 6.45) is 2.27. The van der Waals surface area contributed by atoms with Crippen molar-refractivity contribution in [2.24, 2.45) is 16.7 Å². The Hall–Kier alpha value is -0.0400. The molecule has 2 aliphatic rings. The van der Waals surface area contributed by atoms with E-state index in [9.17, 15) is 0 Å². The maximum atomic E-state index is 6.02. The Bertz CT molecular complexity index is 205. The van der Waals surface area contributed by atoms with Crippen molar-refractivity contribution < 1.29 is 4.74 Å². The maximum Gasteiger partial charge on any atom is 0.0662 e. The topological polar surface area (TPSA) is 9.23 Å². The summed E-state index contributed by atoms with van der Waals surface area (Å²) in [7, 11) is 0. The molecule has 70 valence electrons. The smallest absolute Gasteiger partial charge is 0.0662 e. The van der Waals surface area contributed by atoms with Crippen molar-refractivity contribution in [3.8, 4) is 0 Å². The monoisotopic (exact) mass is 168 g/mol. The molecular weight excluding hydrogens is 148 g/mol. The van der Waals surface area contributed by atoms with Crippen LogP contribution in [0.2, 0.25) is 0 Å². The lowest BCUT2D eigenvalue weighted by molar-refractivity contribution is 0.0507. The minimum absolute atomic E-state index is 0.356. The Balaban J connectivity index is 2.36. The fourth-order valence-electron chi connectivity index (χ4n) is 2.96. The first-order valence-corrected chi connectivity index (χ1v) is 5.03. The molecule has 2 bridgehead atoms. The number of fused-ring (bicyclic) bond motifs is 2. The third-order valence-electron chi connectivity index (χ3n) is 4.59. The summed E-state index contributed by atoms with van der Waals surface area (Å²) >= 11 is 0. The van der Waals surface area contributed by atoms with E-state index >= 15 is 0 Å². The Morgan fingerprint density at radius 1 is 1.08 bits per heavy atom. The average Bonchev–Trinajstić information content (AvgIpc) is 2.35. The van der Waals surface area contributed by atoms with Crippen LogP contribution in [-0.2, 0) is 4.74 Å². The quantitative estimate of drug-likeness (QED) is 0.540. The van der Waals surface area contributed by atoms with Gasteiger partial charge in [0.05, 0.1) is 12.2 Å². The van der Waals surface area contributed by atoms with Gasteiger partial charge in [-0.05, 0) is 23.2 Å². The van der Waals surface area contributed by atoms with Gasteiger partial charge in [0, 0.05) is 0 Å². The van der Waals surface area contributed by atoms with Crippen molar-refractivity contribution in [2.75, 3.05) is 0 Å². The van der Waals surface area contributed by atoms with Crippen molar-refractivity contribution in [1.29, 1.82) is 0 Å². The molecule has 0 aliphatic carbocycles. The summed E-state index contributed by atoms with van der Waals surface area (Å²) in [5.74, 6) is 0.762. The van der Waals surface area contributed by atoms with E-state index in [0.717, 1.165) is 5.92 Å². The van der Waals surface area contributed by atoms with Crippen LogP contribution in [-0.4, -0.2) is 12.2 Å². The van der Waals surface area contributed by atoms with Gasteiger partial charge in [0.25, 0.3) is 0 Å². The molecule has 3 unspecified atom stereocenters. The van der Waals surface area contributed by atoms with Gasteiger partial charge in [-0.25, -0.2) is 0 Å². The van der Waals surface area contributed by atoms with Gasteiger partial charge >= 0.3 is 0 Å². The molecule has 2 fully saturated rings. The van der Waals surface area contributed by atoms with E-state index in [2.05, 4.69) is 34.6 Å². The van der Waals surface area contributed by atoms with E-state index in [0.29, 0.717) is 23.0 Å². The largest absolute Gasteiger partial charge is 0.374 e. The molecular formula is C11H20O. The van der Waals surface area contributed by atoms with E-state index in [1.165, 1.54) is 6.42 Å². The number of ether oxygens (including phenoxy) is 1. The highest BCUT2D eigenvalue weighted by Gasteiger charge is 2.61. The predicted octanol–water partition coefficient (Wildman–Crippen LogP) is 2.85. The summed E-state index contributed by atoms with van der Waals surface area (Å²) in [6.45, 7) is 11.7. The number of rotatable bonds is 0. The molecule has 0 aromatic heterocycles. The van der Waals surface area contributed by atoms with E-state index in [-0.39, 0.29) is 0 Å². The molecule has 12 heavy (non-hydrogen) atoms. The molecule has 0 N–H and O–H groups in total. The van der Waals surface area contributed by atoms with Gasteiger partial charge in [0.2, 0.25) is 0 Å². The van der Waals surface area contributed by atoms with E-state index < -0.39 is 0 Å². The molecule has 2 aliphatic heterocycles. The van der Waals surface area contributed by atoms with Gasteiger partial charge in [-0.2, -0.15) is 0 Å². The molecule has 0 radical (unpaired) electrons. The van der Waals surface area contributed by atoms with Gasteiger partial charge < -0.3 is 4.74 Å². The number of hydrogen-bond donors (Lipinski definition) is 0. The zero-order valence-corrected chi connectivity index (χ0v) is 8.85. The first-order valence-electron chi connectivity index (χ1n) is 5.03. The Labute approximate surface area is 75.5 Å². The van der Waals surface area contributed by atoms with Crippen molar-refractivity contribution in [3.05, 3.63) is 0 Å². The molecule has 0 saturated carbocycles. The Morgan fingerprint density at radius 2 is 1.67 bits per heavy atom. The van der Waals surface area contributed by atoms with Crippen LogP contribution in [0.5, 0.6) is 0 Å². The minimum atomic E-state index is 0.356. The first-order chi connectivity index (χ1) is 5.37. The van der Waals surface area contributed by atoms with Gasteiger partial charge in [-0.3, -0.25) is 0 Å². The van der Waals surface area contributed by atoms with Crippen LogP contribution in [0.25, 0.3) is 0 Å². The van der Waals surface area contributed by atoms with Crippen molar-refractivity contribution >= 4 is 0 Å². The summed E-state index contributed by atoms with van der Waals surface area (Å²) in [5, 5.41) is 0. The van der Waals surface area contributed by atoms with Crippen LogP contribution >= 0.6 is 0 Å². The summed E-state index contributed by atoms with van der Waals surface area (Å²) < 4.78 is 6.02. The Kier molecular flexibility index (Phi) is 1.47. The fraction of sp³-hybridized carbons (Fsp3) is 1.00. The molecule has 2 saturated heterocycles. The van der Waals surface area contributed by atoms with Crippen LogP contribution in [0, 0.1) is 16.7 Å². The lowest BCUT2D eigenvalue weighted by atomic mass is 9.57. The van der Waals surface area contributed by atoms with E-state index in [1.54, 1.807) is 0 Å². The molecule has 0 aromatic rings. The zero-order chi connectivity index (χ0) is 9.15. The van der Waals surface area contributed by atoms with Gasteiger partial charge in [0.15, 0.2) is 0 Å². The van der Waals surface area contributed by atoms with Crippen molar-refractivity contribution in [2.45, 2.75) is 53.2 Å². The van der Waals surface area contributed by atoms with Gasteiger partial charge in [-0.1, -0.05) is 34.6 Å². The highest BCUT2D eigenvalue weighted by atomic mass is 16.5. The molecule has 1 heteroatoms. The van der Waals surface area contributed by atoms with Crippen molar-refractivity contribution in [1.82, 2.24) is 0 Å². The molecule has 3 atom stereocenters. The molecule has 0 spiro atoms. The average molecular weight is 168 g/mol. The molecule has 2 rings (SSSR count). The van der Waals surface area contributed by atoms with Gasteiger partial charge in [0.1, 0.15) is 0 Å². The maximum absolute atomic E-state index is 6.02. The lowest BCUT2D eigenvalue weighted by Crippen LogP contribution is -2.45. The SMILES string of the molecule is CC1CC2OC1C(C)(C)C2(C)C. The summed E-state index contributed by atoms with van der Waals surface area (Å²) in [5.41, 5.74) is 0.722. The molecule has 0 amide bonds. The molecule has 0 aromatic carbocycles. The van der Waals surface area contributed by atoms with Crippen LogP contribution < -0.4 is 0 Å². The van der Waals surface area contributed by atoms with Crippen LogP contribution in [0.4, 0.5) is 0 Å². The second kappa shape index (κ2) is 2.06. The highest BCUT2D eigenvalue weighted by Crippen LogP contribution is 2.60. The van der Waals surface area contributed by atoms with Crippen LogP contribution in [0.1, 0.15) is 41.0 Å². The second-order valence-electron chi connectivity index (χ2n) is 5.70. The van der Waals surface area contributed by atoms with Crippen LogP contribution in [0.3, 0.4) is 0 Å². The lowest BCUT2D eigenvalue weighted by Gasteiger charge is -2.44. The highest BCUT2D eigenvalue weighted by molar-refractivity contribution is 5.09. The molecule has 2 heterocycles. The molecule has 1 nitrogen and oxygen atoms in total. The summed E-state index contributed by atoms with van der Waals surface area (Å²) in [4.78, 5) is 0. The van der Waals surface area contributed by atoms with Crippen molar-refractivity contribution in [3.63, 3.8) is 0 Å². The number of hydrogen-bond acceptors (Lipinski definition) is 1. The predicted molar refractivity (Wildman–Crippen MR) is 50.0 cm³/mol. The normalized spacial score (nSPS) is 48.2. The summed E-state index contributed by atoms with van der Waals surface area (Å²) in [6, 6.07) is 0. The van der Waals surface area contributed by atoms with E-state index in [1.807, 2.05) is 0 Å². The zero-order valence-electron chi connectivity index (χ0n) is 8.85. The van der Waals surface area contributed by atoms with E-state index in [4.69, 9.17) is 4.74 Å². The third-order valence-corrected chi connectivity index (χ3v) is 4.59. The standard InChI is InChI=1S/C11H20O/c1-7-6-8-10(2,3)11(4,5)9(7)12-8/h7-9H,6H2,1-5H3. The second-order valence-corrected chi connectivity index (χ2v) is 5.70. The van der Waals surface area contributed by atoms with Gasteiger partial charge in [-0.15, -0.1) is 0 Å². The van der Waals surface area contributed by atoms with Crippen LogP contribution in [0.15, 0.2) is 0 Å². The third kappa shape index (κ3) is 0.736. The Morgan fingerprint density at radius 3 is 2.00 bits per heavy atom. The first kappa shape index (κ1) is 8.55. The fourth-order valence-corrected chi connectivity index (χ4v) is 2.96. The minimum Gasteiger partial charge on any atom is -0.374 e.